The Balaban J connectivity index is 1.48. The number of aryl methyl sites for hydroxylation is 1. The van der Waals surface area contributed by atoms with Crippen molar-refractivity contribution in [2.75, 3.05) is 18.5 Å². The molecule has 1 unspecified atom stereocenters. The second kappa shape index (κ2) is 7.93. The van der Waals surface area contributed by atoms with E-state index in [4.69, 9.17) is 4.74 Å². The number of anilines is 1. The van der Waals surface area contributed by atoms with Crippen LogP contribution in [0, 0.1) is 6.92 Å². The van der Waals surface area contributed by atoms with Crippen molar-refractivity contribution in [3.8, 4) is 0 Å². The summed E-state index contributed by atoms with van der Waals surface area (Å²) >= 11 is 0. The van der Waals surface area contributed by atoms with Gasteiger partial charge in [0.25, 0.3) is 5.91 Å². The van der Waals surface area contributed by atoms with Gasteiger partial charge in [-0.15, -0.1) is 0 Å². The zero-order valence-corrected chi connectivity index (χ0v) is 13.9. The Bertz CT molecular complexity index is 662. The van der Waals surface area contributed by atoms with Crippen molar-refractivity contribution in [2.45, 2.75) is 32.4 Å². The monoisotopic (exact) mass is 325 g/mol. The van der Waals surface area contributed by atoms with Gasteiger partial charge >= 0.3 is 0 Å². The van der Waals surface area contributed by atoms with Crippen LogP contribution in [0.15, 0.2) is 42.6 Å². The van der Waals surface area contributed by atoms with E-state index in [9.17, 15) is 4.79 Å². The topological polar surface area (TPSA) is 63.2 Å². The van der Waals surface area contributed by atoms with Gasteiger partial charge in [-0.2, -0.15) is 0 Å². The molecule has 2 N–H and O–H groups in total. The first-order valence-electron chi connectivity index (χ1n) is 8.36. The lowest BCUT2D eigenvalue weighted by atomic mass is 10.1. The van der Waals surface area contributed by atoms with Crippen LogP contribution in [0.2, 0.25) is 0 Å². The average Bonchev–Trinajstić information content (AvgIpc) is 3.13. The number of benzene rings is 1. The fourth-order valence-corrected chi connectivity index (χ4v) is 2.65. The lowest BCUT2D eigenvalue weighted by Gasteiger charge is -2.12. The first-order chi connectivity index (χ1) is 11.7. The maximum Gasteiger partial charge on any atom is 0.270 e. The first-order valence-corrected chi connectivity index (χ1v) is 8.36. The van der Waals surface area contributed by atoms with Gasteiger partial charge in [0.05, 0.1) is 18.0 Å². The highest BCUT2D eigenvalue weighted by atomic mass is 16.5. The van der Waals surface area contributed by atoms with Crippen molar-refractivity contribution in [2.24, 2.45) is 0 Å². The van der Waals surface area contributed by atoms with Crippen molar-refractivity contribution in [3.63, 3.8) is 0 Å². The van der Waals surface area contributed by atoms with Gasteiger partial charge in [-0.1, -0.05) is 29.8 Å². The van der Waals surface area contributed by atoms with Crippen LogP contribution in [-0.2, 0) is 11.3 Å². The minimum atomic E-state index is -0.166. The fraction of sp³-hybridized carbons (Fsp3) is 0.368. The molecule has 2 heterocycles. The van der Waals surface area contributed by atoms with Crippen molar-refractivity contribution in [3.05, 3.63) is 59.4 Å². The largest absolute Gasteiger partial charge is 0.381 e. The van der Waals surface area contributed by atoms with Gasteiger partial charge in [-0.3, -0.25) is 4.79 Å². The van der Waals surface area contributed by atoms with E-state index in [1.54, 1.807) is 12.3 Å². The lowest BCUT2D eigenvalue weighted by Crippen LogP contribution is -2.24. The van der Waals surface area contributed by atoms with E-state index in [0.29, 0.717) is 12.2 Å². The molecular weight excluding hydrogens is 302 g/mol. The van der Waals surface area contributed by atoms with Gasteiger partial charge in [0.1, 0.15) is 5.69 Å². The second-order valence-corrected chi connectivity index (χ2v) is 6.12. The molecular formula is C19H23N3O2. The number of carbonyl (C=O) groups is 1. The van der Waals surface area contributed by atoms with Crippen LogP contribution in [0.4, 0.5) is 5.69 Å². The number of rotatable bonds is 6. The smallest absolute Gasteiger partial charge is 0.270 e. The number of nitrogens with one attached hydrogen (secondary N) is 2. The maximum absolute atomic E-state index is 12.1. The van der Waals surface area contributed by atoms with Gasteiger partial charge in [0.15, 0.2) is 0 Å². The van der Waals surface area contributed by atoms with Gasteiger partial charge in [0.2, 0.25) is 0 Å². The van der Waals surface area contributed by atoms with Crippen LogP contribution < -0.4 is 10.6 Å². The van der Waals surface area contributed by atoms with E-state index in [-0.39, 0.29) is 12.0 Å². The number of aromatic nitrogens is 1. The molecule has 1 aromatic heterocycles. The molecule has 0 bridgehead atoms. The number of hydrogen-bond donors (Lipinski definition) is 2. The van der Waals surface area contributed by atoms with E-state index >= 15 is 0 Å². The van der Waals surface area contributed by atoms with Gasteiger partial charge < -0.3 is 15.4 Å². The highest BCUT2D eigenvalue weighted by Crippen LogP contribution is 2.13. The molecule has 3 rings (SSSR count). The van der Waals surface area contributed by atoms with Crippen LogP contribution in [0.3, 0.4) is 0 Å². The summed E-state index contributed by atoms with van der Waals surface area (Å²) in [6.45, 7) is 4.17. The zero-order chi connectivity index (χ0) is 16.8. The minimum Gasteiger partial charge on any atom is -0.381 e. The summed E-state index contributed by atoms with van der Waals surface area (Å²) in [6.07, 6.45) is 4.20. The average molecular weight is 325 g/mol. The summed E-state index contributed by atoms with van der Waals surface area (Å²) in [4.78, 5) is 16.4. The number of carbonyl (C=O) groups excluding carboxylic acids is 1. The Kier molecular flexibility index (Phi) is 5.43. The predicted molar refractivity (Wildman–Crippen MR) is 94.0 cm³/mol. The molecule has 1 atom stereocenters. The Morgan fingerprint density at radius 1 is 1.25 bits per heavy atom. The number of pyridine rings is 1. The van der Waals surface area contributed by atoms with Crippen LogP contribution in [0.25, 0.3) is 0 Å². The molecule has 1 aliphatic rings. The summed E-state index contributed by atoms with van der Waals surface area (Å²) < 4.78 is 5.57. The number of hydrogen-bond acceptors (Lipinski definition) is 4. The molecule has 1 amide bonds. The third kappa shape index (κ3) is 4.55. The van der Waals surface area contributed by atoms with Crippen molar-refractivity contribution < 1.29 is 9.53 Å². The molecule has 1 saturated heterocycles. The van der Waals surface area contributed by atoms with Crippen LogP contribution in [-0.4, -0.2) is 30.1 Å². The number of amides is 1. The van der Waals surface area contributed by atoms with Gasteiger partial charge in [-0.05, 0) is 37.5 Å². The van der Waals surface area contributed by atoms with E-state index in [1.165, 1.54) is 5.56 Å². The second-order valence-electron chi connectivity index (χ2n) is 6.12. The zero-order valence-electron chi connectivity index (χ0n) is 13.9. The summed E-state index contributed by atoms with van der Waals surface area (Å²) in [5.41, 5.74) is 3.60. The number of ether oxygens (including phenoxy) is 1. The summed E-state index contributed by atoms with van der Waals surface area (Å²) in [5.74, 6) is -0.166. The molecule has 2 aromatic rings. The van der Waals surface area contributed by atoms with E-state index in [2.05, 4.69) is 15.6 Å². The quantitative estimate of drug-likeness (QED) is 0.857. The Hall–Kier alpha value is -2.40. The molecule has 24 heavy (non-hydrogen) atoms. The first kappa shape index (κ1) is 16.5. The summed E-state index contributed by atoms with van der Waals surface area (Å²) in [7, 11) is 0. The molecule has 5 nitrogen and oxygen atoms in total. The molecule has 0 spiro atoms. The fourth-order valence-electron chi connectivity index (χ4n) is 2.65. The highest BCUT2D eigenvalue weighted by Gasteiger charge is 2.15. The maximum atomic E-state index is 12.1. The van der Waals surface area contributed by atoms with Gasteiger partial charge in [-0.25, -0.2) is 4.98 Å². The molecule has 1 fully saturated rings. The molecule has 5 heteroatoms. The SMILES string of the molecule is Cc1ccc(CNC(=O)c2ccc(NCC3CCCO3)cn2)cc1. The van der Waals surface area contributed by atoms with E-state index in [1.807, 2.05) is 37.3 Å². The highest BCUT2D eigenvalue weighted by molar-refractivity contribution is 5.92. The van der Waals surface area contributed by atoms with Crippen molar-refractivity contribution in [1.29, 1.82) is 0 Å². The van der Waals surface area contributed by atoms with Crippen molar-refractivity contribution >= 4 is 11.6 Å². The molecule has 1 aliphatic heterocycles. The summed E-state index contributed by atoms with van der Waals surface area (Å²) in [6, 6.07) is 11.7. The normalized spacial score (nSPS) is 16.8. The predicted octanol–water partition coefficient (Wildman–Crippen LogP) is 2.91. The van der Waals surface area contributed by atoms with Crippen molar-refractivity contribution in [1.82, 2.24) is 10.3 Å². The Morgan fingerprint density at radius 3 is 2.75 bits per heavy atom. The lowest BCUT2D eigenvalue weighted by molar-refractivity contribution is 0.0946. The molecule has 126 valence electrons. The molecule has 1 aromatic carbocycles. The third-order valence-corrected chi connectivity index (χ3v) is 4.13. The number of nitrogens with zero attached hydrogens (tertiary/aromatic N) is 1. The van der Waals surface area contributed by atoms with Gasteiger partial charge in [0, 0.05) is 19.7 Å². The molecule has 0 saturated carbocycles. The van der Waals surface area contributed by atoms with Crippen LogP contribution in [0.1, 0.15) is 34.5 Å². The van der Waals surface area contributed by atoms with Crippen LogP contribution >= 0.6 is 0 Å². The third-order valence-electron chi connectivity index (χ3n) is 4.13. The Labute approximate surface area is 142 Å². The standard InChI is InChI=1S/C19H23N3O2/c1-14-4-6-15(7-5-14)11-22-19(23)18-9-8-16(12-21-18)20-13-17-3-2-10-24-17/h4-9,12,17,20H,2-3,10-11,13H2,1H3,(H,22,23). The van der Waals surface area contributed by atoms with Crippen LogP contribution in [0.5, 0.6) is 0 Å². The van der Waals surface area contributed by atoms with E-state index < -0.39 is 0 Å². The molecule has 0 aliphatic carbocycles. The molecule has 0 radical (unpaired) electrons. The summed E-state index contributed by atoms with van der Waals surface area (Å²) in [5, 5.41) is 6.19. The minimum absolute atomic E-state index is 0.166. The Morgan fingerprint density at radius 2 is 2.08 bits per heavy atom. The van der Waals surface area contributed by atoms with E-state index in [0.717, 1.165) is 37.2 Å².